The molecule has 2 aromatic rings. The smallest absolute Gasteiger partial charge is 0.123 e. The first-order valence-electron chi connectivity index (χ1n) is 5.97. The number of allylic oxidation sites excluding steroid dienone is 1. The summed E-state index contributed by atoms with van der Waals surface area (Å²) in [6.07, 6.45) is 3.38. The molecule has 2 rings (SSSR count). The van der Waals surface area contributed by atoms with Crippen LogP contribution in [0.4, 0.5) is 10.1 Å². The van der Waals surface area contributed by atoms with Crippen LogP contribution in [0.5, 0.6) is 0 Å². The second-order valence-electron chi connectivity index (χ2n) is 4.24. The predicted octanol–water partition coefficient (Wildman–Crippen LogP) is 5.83. The van der Waals surface area contributed by atoms with E-state index in [9.17, 15) is 4.39 Å². The van der Waals surface area contributed by atoms with E-state index in [0.29, 0.717) is 15.6 Å². The molecule has 0 heterocycles. The molecule has 0 saturated heterocycles. The minimum Gasteiger partial charge on any atom is -0.256 e. The van der Waals surface area contributed by atoms with E-state index in [-0.39, 0.29) is 5.82 Å². The largest absolute Gasteiger partial charge is 0.256 e. The average Bonchev–Trinajstić information content (AvgIpc) is 2.40. The van der Waals surface area contributed by atoms with Crippen molar-refractivity contribution < 1.29 is 4.39 Å². The summed E-state index contributed by atoms with van der Waals surface area (Å²) >= 11 is 11.7. The molecule has 1 nitrogen and oxygen atoms in total. The van der Waals surface area contributed by atoms with Gasteiger partial charge in [-0.25, -0.2) is 4.39 Å². The number of hydrogen-bond donors (Lipinski definition) is 0. The van der Waals surface area contributed by atoms with Crippen LogP contribution >= 0.6 is 23.2 Å². The molecule has 102 valence electrons. The molecule has 0 saturated carbocycles. The van der Waals surface area contributed by atoms with Gasteiger partial charge in [0, 0.05) is 21.8 Å². The van der Waals surface area contributed by atoms with Crippen LogP contribution in [-0.4, -0.2) is 6.21 Å². The van der Waals surface area contributed by atoms with Crippen molar-refractivity contribution in [3.63, 3.8) is 0 Å². The van der Waals surface area contributed by atoms with E-state index in [2.05, 4.69) is 4.99 Å². The van der Waals surface area contributed by atoms with Crippen LogP contribution in [0.1, 0.15) is 18.1 Å². The van der Waals surface area contributed by atoms with Gasteiger partial charge in [0.25, 0.3) is 0 Å². The van der Waals surface area contributed by atoms with Crippen LogP contribution in [0.15, 0.2) is 52.5 Å². The van der Waals surface area contributed by atoms with E-state index >= 15 is 0 Å². The SMILES string of the molecule is C/C(Cl)=C/c1ccc(F)cc1C=Nc1ccc(Cl)cc1. The normalized spacial score (nSPS) is 12.1. The fraction of sp³-hybridized carbons (Fsp3) is 0.0625. The quantitative estimate of drug-likeness (QED) is 0.633. The highest BCUT2D eigenvalue weighted by atomic mass is 35.5. The van der Waals surface area contributed by atoms with Gasteiger partial charge in [0.15, 0.2) is 0 Å². The lowest BCUT2D eigenvalue weighted by atomic mass is 10.1. The highest BCUT2D eigenvalue weighted by molar-refractivity contribution is 6.31. The minimum absolute atomic E-state index is 0.313. The number of rotatable bonds is 3. The summed E-state index contributed by atoms with van der Waals surface area (Å²) in [6, 6.07) is 11.6. The van der Waals surface area contributed by atoms with Gasteiger partial charge in [-0.3, -0.25) is 4.99 Å². The van der Waals surface area contributed by atoms with Crippen LogP contribution in [0.25, 0.3) is 6.08 Å². The summed E-state index contributed by atoms with van der Waals surface area (Å²) < 4.78 is 13.3. The number of halogens is 3. The molecule has 0 aromatic heterocycles. The number of benzene rings is 2. The van der Waals surface area contributed by atoms with Gasteiger partial charge in [-0.05, 0) is 55.0 Å². The lowest BCUT2D eigenvalue weighted by molar-refractivity contribution is 0.627. The highest BCUT2D eigenvalue weighted by Crippen LogP contribution is 2.18. The van der Waals surface area contributed by atoms with Gasteiger partial charge in [-0.15, -0.1) is 0 Å². The van der Waals surface area contributed by atoms with Gasteiger partial charge in [0.1, 0.15) is 5.82 Å². The molecule has 0 unspecified atom stereocenters. The van der Waals surface area contributed by atoms with Gasteiger partial charge in [0.05, 0.1) is 5.69 Å². The zero-order valence-corrected chi connectivity index (χ0v) is 12.3. The van der Waals surface area contributed by atoms with Crippen molar-refractivity contribution in [3.8, 4) is 0 Å². The highest BCUT2D eigenvalue weighted by Gasteiger charge is 2.00. The Balaban J connectivity index is 2.34. The molecule has 0 radical (unpaired) electrons. The lowest BCUT2D eigenvalue weighted by Gasteiger charge is -2.02. The van der Waals surface area contributed by atoms with Crippen LogP contribution in [0.2, 0.25) is 5.02 Å². The van der Waals surface area contributed by atoms with E-state index in [1.807, 2.05) is 0 Å². The third-order valence-electron chi connectivity index (χ3n) is 2.58. The Bertz CT molecular complexity index is 657. The Morgan fingerprint density at radius 2 is 1.80 bits per heavy atom. The van der Waals surface area contributed by atoms with E-state index in [4.69, 9.17) is 23.2 Å². The summed E-state index contributed by atoms with van der Waals surface area (Å²) in [7, 11) is 0. The maximum Gasteiger partial charge on any atom is 0.123 e. The van der Waals surface area contributed by atoms with Crippen molar-refractivity contribution in [2.24, 2.45) is 4.99 Å². The molecule has 0 atom stereocenters. The van der Waals surface area contributed by atoms with Crippen LogP contribution in [-0.2, 0) is 0 Å². The van der Waals surface area contributed by atoms with E-state index < -0.39 is 0 Å². The van der Waals surface area contributed by atoms with Gasteiger partial charge < -0.3 is 0 Å². The molecule has 0 N–H and O–H groups in total. The maximum atomic E-state index is 13.3. The first-order chi connectivity index (χ1) is 9.54. The van der Waals surface area contributed by atoms with Crippen LogP contribution in [0.3, 0.4) is 0 Å². The van der Waals surface area contributed by atoms with Crippen molar-refractivity contribution in [2.45, 2.75) is 6.92 Å². The van der Waals surface area contributed by atoms with E-state index in [0.717, 1.165) is 11.3 Å². The van der Waals surface area contributed by atoms with Crippen molar-refractivity contribution in [1.29, 1.82) is 0 Å². The molecule has 0 aliphatic rings. The zero-order chi connectivity index (χ0) is 14.5. The molecule has 0 spiro atoms. The molecular weight excluding hydrogens is 296 g/mol. The molecular formula is C16H12Cl2FN. The van der Waals surface area contributed by atoms with Gasteiger partial charge in [-0.1, -0.05) is 29.3 Å². The van der Waals surface area contributed by atoms with Gasteiger partial charge >= 0.3 is 0 Å². The second-order valence-corrected chi connectivity index (χ2v) is 5.27. The first kappa shape index (κ1) is 14.8. The summed E-state index contributed by atoms with van der Waals surface area (Å²) in [5.74, 6) is -0.313. The predicted molar refractivity (Wildman–Crippen MR) is 84.6 cm³/mol. The van der Waals surface area contributed by atoms with E-state index in [1.54, 1.807) is 49.5 Å². The third-order valence-corrected chi connectivity index (χ3v) is 2.94. The van der Waals surface area contributed by atoms with Crippen LogP contribution in [0, 0.1) is 5.82 Å². The molecule has 0 bridgehead atoms. The fourth-order valence-electron chi connectivity index (χ4n) is 1.67. The first-order valence-corrected chi connectivity index (χ1v) is 6.73. The lowest BCUT2D eigenvalue weighted by Crippen LogP contribution is -1.89. The molecule has 0 aliphatic heterocycles. The Morgan fingerprint density at radius 3 is 2.45 bits per heavy atom. The van der Waals surface area contributed by atoms with Crippen molar-refractivity contribution >= 4 is 41.2 Å². The Kier molecular flexibility index (Phi) is 4.94. The number of hydrogen-bond acceptors (Lipinski definition) is 1. The maximum absolute atomic E-state index is 13.3. The fourth-order valence-corrected chi connectivity index (χ4v) is 1.92. The number of nitrogens with zero attached hydrogens (tertiary/aromatic N) is 1. The average molecular weight is 308 g/mol. The summed E-state index contributed by atoms with van der Waals surface area (Å²) in [5.41, 5.74) is 2.23. The van der Waals surface area contributed by atoms with Crippen molar-refractivity contribution in [2.75, 3.05) is 0 Å². The standard InChI is InChI=1S/C16H12Cl2FN/c1-11(17)8-12-2-5-15(19)9-13(12)10-20-16-6-3-14(18)4-7-16/h2-10H,1H3/b11-8-,20-10?. The molecule has 0 aliphatic carbocycles. The van der Waals surface area contributed by atoms with Crippen molar-refractivity contribution in [3.05, 3.63) is 69.5 Å². The van der Waals surface area contributed by atoms with Crippen molar-refractivity contribution in [1.82, 2.24) is 0 Å². The second kappa shape index (κ2) is 6.69. The molecule has 0 amide bonds. The van der Waals surface area contributed by atoms with Gasteiger partial charge in [-0.2, -0.15) is 0 Å². The summed E-state index contributed by atoms with van der Waals surface area (Å²) in [6.45, 7) is 1.77. The summed E-state index contributed by atoms with van der Waals surface area (Å²) in [5, 5.41) is 1.27. The third kappa shape index (κ3) is 4.19. The molecule has 4 heteroatoms. The Morgan fingerprint density at radius 1 is 1.10 bits per heavy atom. The Labute approximate surface area is 127 Å². The molecule has 2 aromatic carbocycles. The number of aliphatic imine (C=N–C) groups is 1. The van der Waals surface area contributed by atoms with E-state index in [1.165, 1.54) is 12.1 Å². The Hall–Kier alpha value is -1.64. The van der Waals surface area contributed by atoms with Gasteiger partial charge in [0.2, 0.25) is 0 Å². The summed E-state index contributed by atoms with van der Waals surface area (Å²) in [4.78, 5) is 4.30. The zero-order valence-electron chi connectivity index (χ0n) is 10.8. The minimum atomic E-state index is -0.313. The monoisotopic (exact) mass is 307 g/mol. The molecule has 20 heavy (non-hydrogen) atoms. The molecule has 0 fully saturated rings. The van der Waals surface area contributed by atoms with Crippen LogP contribution < -0.4 is 0 Å². The topological polar surface area (TPSA) is 12.4 Å².